The number of hydrogen-bond donors (Lipinski definition) is 2. The first-order valence-corrected chi connectivity index (χ1v) is 10.3. The SMILES string of the molecule is Cc1ccc(-c2noc(CSCc3nc(N)nc(Nc4ccc(F)cc4)n3)n2)cc1F. The Morgan fingerprint density at radius 3 is 2.58 bits per heavy atom. The lowest BCUT2D eigenvalue weighted by Gasteiger charge is -2.07. The van der Waals surface area contributed by atoms with Gasteiger partial charge in [-0.2, -0.15) is 19.9 Å². The van der Waals surface area contributed by atoms with Crippen LogP contribution in [0.5, 0.6) is 0 Å². The number of nitrogen functional groups attached to an aromatic ring is 1. The molecule has 0 aliphatic rings. The quantitative estimate of drug-likeness (QED) is 0.434. The van der Waals surface area contributed by atoms with Crippen molar-refractivity contribution in [3.8, 4) is 11.4 Å². The summed E-state index contributed by atoms with van der Waals surface area (Å²) in [7, 11) is 0. The number of nitrogens with one attached hydrogen (secondary N) is 1. The van der Waals surface area contributed by atoms with Gasteiger partial charge in [0.1, 0.15) is 17.5 Å². The number of nitrogens with two attached hydrogens (primary N) is 1. The predicted molar refractivity (Wildman–Crippen MR) is 113 cm³/mol. The summed E-state index contributed by atoms with van der Waals surface area (Å²) < 4.78 is 32.0. The zero-order chi connectivity index (χ0) is 21.8. The molecule has 0 radical (unpaired) electrons. The molecule has 3 N–H and O–H groups in total. The average molecular weight is 441 g/mol. The van der Waals surface area contributed by atoms with Crippen LogP contribution in [0.15, 0.2) is 47.0 Å². The monoisotopic (exact) mass is 441 g/mol. The Bertz CT molecular complexity index is 1200. The number of aromatic nitrogens is 5. The molecule has 31 heavy (non-hydrogen) atoms. The molecule has 4 aromatic rings. The summed E-state index contributed by atoms with van der Waals surface area (Å²) in [6, 6.07) is 10.6. The van der Waals surface area contributed by atoms with Crippen LogP contribution in [0.1, 0.15) is 17.3 Å². The van der Waals surface area contributed by atoms with Crippen LogP contribution < -0.4 is 11.1 Å². The number of rotatable bonds is 7. The molecule has 11 heteroatoms. The van der Waals surface area contributed by atoms with Crippen LogP contribution in [0.25, 0.3) is 11.4 Å². The molecule has 0 saturated carbocycles. The molecular formula is C20H17F2N7OS. The van der Waals surface area contributed by atoms with Gasteiger partial charge in [0.2, 0.25) is 23.6 Å². The number of hydrogen-bond acceptors (Lipinski definition) is 9. The van der Waals surface area contributed by atoms with Crippen LogP contribution in [0.3, 0.4) is 0 Å². The second-order valence-electron chi connectivity index (χ2n) is 6.53. The summed E-state index contributed by atoms with van der Waals surface area (Å²) in [5, 5.41) is 6.86. The summed E-state index contributed by atoms with van der Waals surface area (Å²) in [6.45, 7) is 1.69. The molecule has 0 amide bonds. The summed E-state index contributed by atoms with van der Waals surface area (Å²) in [5.74, 6) is 1.67. The number of halogens is 2. The molecule has 2 aromatic carbocycles. The van der Waals surface area contributed by atoms with Gasteiger partial charge in [-0.25, -0.2) is 8.78 Å². The molecule has 2 aromatic heterocycles. The molecule has 158 valence electrons. The number of aryl methyl sites for hydroxylation is 1. The highest BCUT2D eigenvalue weighted by Crippen LogP contribution is 2.22. The van der Waals surface area contributed by atoms with Crippen molar-refractivity contribution in [2.75, 3.05) is 11.1 Å². The Morgan fingerprint density at radius 2 is 1.81 bits per heavy atom. The minimum atomic E-state index is -0.338. The molecule has 0 spiro atoms. The summed E-state index contributed by atoms with van der Waals surface area (Å²) in [4.78, 5) is 16.8. The Hall–Kier alpha value is -3.60. The maximum Gasteiger partial charge on any atom is 0.236 e. The van der Waals surface area contributed by atoms with E-state index in [1.54, 1.807) is 31.2 Å². The van der Waals surface area contributed by atoms with E-state index in [4.69, 9.17) is 10.3 Å². The van der Waals surface area contributed by atoms with Crippen molar-refractivity contribution in [1.29, 1.82) is 0 Å². The first-order valence-electron chi connectivity index (χ1n) is 9.16. The topological polar surface area (TPSA) is 116 Å². The minimum absolute atomic E-state index is 0.0664. The van der Waals surface area contributed by atoms with Crippen LogP contribution in [0.4, 0.5) is 26.4 Å². The van der Waals surface area contributed by atoms with Crippen molar-refractivity contribution in [3.63, 3.8) is 0 Å². The molecule has 0 aliphatic heterocycles. The van der Waals surface area contributed by atoms with E-state index in [1.165, 1.54) is 30.0 Å². The lowest BCUT2D eigenvalue weighted by atomic mass is 10.1. The van der Waals surface area contributed by atoms with Crippen molar-refractivity contribution < 1.29 is 13.3 Å². The fourth-order valence-electron chi connectivity index (χ4n) is 2.61. The van der Waals surface area contributed by atoms with E-state index < -0.39 is 0 Å². The van der Waals surface area contributed by atoms with E-state index in [-0.39, 0.29) is 23.5 Å². The molecule has 0 aliphatic carbocycles. The van der Waals surface area contributed by atoms with Crippen molar-refractivity contribution in [3.05, 3.63) is 71.4 Å². The molecular weight excluding hydrogens is 424 g/mol. The van der Waals surface area contributed by atoms with Gasteiger partial charge in [0.15, 0.2) is 0 Å². The molecule has 0 atom stereocenters. The minimum Gasteiger partial charge on any atom is -0.368 e. The third-order valence-corrected chi connectivity index (χ3v) is 5.07. The van der Waals surface area contributed by atoms with Crippen LogP contribution in [-0.2, 0) is 11.5 Å². The van der Waals surface area contributed by atoms with Crippen LogP contribution in [0.2, 0.25) is 0 Å². The lowest BCUT2D eigenvalue weighted by molar-refractivity contribution is 0.391. The number of anilines is 3. The summed E-state index contributed by atoms with van der Waals surface area (Å²) in [6.07, 6.45) is 0. The fourth-order valence-corrected chi connectivity index (χ4v) is 3.32. The van der Waals surface area contributed by atoms with Crippen LogP contribution in [0, 0.1) is 18.6 Å². The third kappa shape index (κ3) is 5.31. The van der Waals surface area contributed by atoms with E-state index in [9.17, 15) is 8.78 Å². The summed E-state index contributed by atoms with van der Waals surface area (Å²) in [5.41, 5.74) is 7.48. The van der Waals surface area contributed by atoms with Gasteiger partial charge in [0, 0.05) is 11.3 Å². The van der Waals surface area contributed by atoms with E-state index in [2.05, 4.69) is 30.4 Å². The Balaban J connectivity index is 1.37. The first-order chi connectivity index (χ1) is 15.0. The van der Waals surface area contributed by atoms with Crippen LogP contribution >= 0.6 is 11.8 Å². The van der Waals surface area contributed by atoms with Gasteiger partial charge in [-0.1, -0.05) is 17.3 Å². The Morgan fingerprint density at radius 1 is 1.00 bits per heavy atom. The average Bonchev–Trinajstić information content (AvgIpc) is 3.20. The highest BCUT2D eigenvalue weighted by molar-refractivity contribution is 7.97. The highest BCUT2D eigenvalue weighted by atomic mass is 32.2. The van der Waals surface area contributed by atoms with Gasteiger partial charge in [-0.05, 0) is 42.8 Å². The largest absolute Gasteiger partial charge is 0.368 e. The van der Waals surface area contributed by atoms with Gasteiger partial charge < -0.3 is 15.6 Å². The van der Waals surface area contributed by atoms with E-state index >= 15 is 0 Å². The maximum absolute atomic E-state index is 13.7. The fraction of sp³-hybridized carbons (Fsp3) is 0.150. The molecule has 0 bridgehead atoms. The predicted octanol–water partition coefficient (Wildman–Crippen LogP) is 4.27. The van der Waals surface area contributed by atoms with Crippen molar-refractivity contribution >= 4 is 29.3 Å². The lowest BCUT2D eigenvalue weighted by Crippen LogP contribution is -2.06. The normalized spacial score (nSPS) is 10.9. The second kappa shape index (κ2) is 9.04. The van der Waals surface area contributed by atoms with Crippen molar-refractivity contribution in [2.45, 2.75) is 18.4 Å². The zero-order valence-electron chi connectivity index (χ0n) is 16.3. The molecule has 0 fully saturated rings. The van der Waals surface area contributed by atoms with Crippen LogP contribution in [-0.4, -0.2) is 25.1 Å². The van der Waals surface area contributed by atoms with Gasteiger partial charge >= 0.3 is 0 Å². The molecule has 0 saturated heterocycles. The molecule has 0 unspecified atom stereocenters. The van der Waals surface area contributed by atoms with Gasteiger partial charge in [-0.3, -0.25) is 0 Å². The molecule has 2 heterocycles. The highest BCUT2D eigenvalue weighted by Gasteiger charge is 2.12. The summed E-state index contributed by atoms with van der Waals surface area (Å²) >= 11 is 1.44. The van der Waals surface area contributed by atoms with Crippen molar-refractivity contribution in [2.24, 2.45) is 0 Å². The number of thioether (sulfide) groups is 1. The van der Waals surface area contributed by atoms with E-state index in [0.717, 1.165) is 0 Å². The van der Waals surface area contributed by atoms with Gasteiger partial charge in [-0.15, -0.1) is 11.8 Å². The van der Waals surface area contributed by atoms with Gasteiger partial charge in [0.25, 0.3) is 0 Å². The second-order valence-corrected chi connectivity index (χ2v) is 7.52. The Kier molecular flexibility index (Phi) is 6.03. The molecule has 8 nitrogen and oxygen atoms in total. The third-order valence-electron chi connectivity index (χ3n) is 4.15. The van der Waals surface area contributed by atoms with Crippen molar-refractivity contribution in [1.82, 2.24) is 25.1 Å². The standard InChI is InChI=1S/C20H17F2N7OS/c1-11-2-3-12(8-15(11)22)18-27-17(30-29-18)10-31-9-16-25-19(23)28-20(26-16)24-14-6-4-13(21)5-7-14/h2-8H,9-10H2,1H3,(H3,23,24,25,26,28). The van der Waals surface area contributed by atoms with E-state index in [0.29, 0.717) is 45.9 Å². The van der Waals surface area contributed by atoms with E-state index in [1.807, 2.05) is 0 Å². The number of benzene rings is 2. The smallest absolute Gasteiger partial charge is 0.236 e. The number of nitrogens with zero attached hydrogens (tertiary/aromatic N) is 5. The maximum atomic E-state index is 13.7. The van der Waals surface area contributed by atoms with Gasteiger partial charge in [0.05, 0.1) is 11.5 Å². The first kappa shape index (κ1) is 20.7. The Labute approximate surface area is 180 Å². The zero-order valence-corrected chi connectivity index (χ0v) is 17.2. The molecule has 4 rings (SSSR count).